The monoisotopic (exact) mass is 414 g/mol. The molecule has 0 saturated heterocycles. The van der Waals surface area contributed by atoms with Gasteiger partial charge in [0.25, 0.3) is 5.91 Å². The van der Waals surface area contributed by atoms with Crippen LogP contribution in [0, 0.1) is 5.82 Å². The van der Waals surface area contributed by atoms with Gasteiger partial charge in [0.1, 0.15) is 17.6 Å². The van der Waals surface area contributed by atoms with Gasteiger partial charge in [-0.3, -0.25) is 9.59 Å². The molecule has 5 nitrogen and oxygen atoms in total. The Balaban J connectivity index is 2.16. The maximum absolute atomic E-state index is 14.2. The minimum atomic E-state index is -0.789. The number of carbonyl (C=O) groups is 2. The molecule has 0 saturated carbocycles. The Morgan fingerprint density at radius 3 is 2.30 bits per heavy atom. The summed E-state index contributed by atoms with van der Waals surface area (Å²) in [5.41, 5.74) is 1.06. The quantitative estimate of drug-likeness (QED) is 0.708. The lowest BCUT2D eigenvalue weighted by atomic mass is 10.1. The molecule has 2 aromatic rings. The van der Waals surface area contributed by atoms with Crippen molar-refractivity contribution >= 4 is 11.8 Å². The van der Waals surface area contributed by atoms with Crippen molar-refractivity contribution < 1.29 is 18.7 Å². The Morgan fingerprint density at radius 1 is 1.10 bits per heavy atom. The Morgan fingerprint density at radius 2 is 1.73 bits per heavy atom. The van der Waals surface area contributed by atoms with Crippen molar-refractivity contribution in [2.45, 2.75) is 59.2 Å². The third-order valence-corrected chi connectivity index (χ3v) is 4.66. The number of amides is 2. The number of halogens is 1. The van der Waals surface area contributed by atoms with Crippen LogP contribution in [0.4, 0.5) is 4.39 Å². The van der Waals surface area contributed by atoms with Crippen molar-refractivity contribution in [3.8, 4) is 5.75 Å². The standard InChI is InChI=1S/C24H31FN2O3/c1-6-18-11-13-20(14-12-18)30-16-22(28)27(15-19-9-7-8-10-21(19)25)17(2)23(29)26-24(3,4)5/h7-14,17H,6,15-16H2,1-5H3,(H,26,29)/t17-/m0/s1. The van der Waals surface area contributed by atoms with Gasteiger partial charge in [-0.05, 0) is 57.9 Å². The third kappa shape index (κ3) is 6.87. The number of hydrogen-bond donors (Lipinski definition) is 1. The second kappa shape index (κ2) is 10.2. The summed E-state index contributed by atoms with van der Waals surface area (Å²) in [7, 11) is 0. The molecule has 0 aliphatic rings. The lowest BCUT2D eigenvalue weighted by molar-refractivity contribution is -0.142. The zero-order valence-corrected chi connectivity index (χ0v) is 18.4. The van der Waals surface area contributed by atoms with Gasteiger partial charge >= 0.3 is 0 Å². The predicted octanol–water partition coefficient (Wildman–Crippen LogP) is 4.10. The van der Waals surface area contributed by atoms with E-state index in [0.717, 1.165) is 6.42 Å². The van der Waals surface area contributed by atoms with E-state index >= 15 is 0 Å². The summed E-state index contributed by atoms with van der Waals surface area (Å²) in [4.78, 5) is 27.0. The molecule has 2 aromatic carbocycles. The van der Waals surface area contributed by atoms with E-state index in [2.05, 4.69) is 12.2 Å². The topological polar surface area (TPSA) is 58.6 Å². The molecular formula is C24H31FN2O3. The maximum Gasteiger partial charge on any atom is 0.261 e. The minimum Gasteiger partial charge on any atom is -0.484 e. The summed E-state index contributed by atoms with van der Waals surface area (Å²) < 4.78 is 19.8. The van der Waals surface area contributed by atoms with Crippen molar-refractivity contribution in [3.05, 3.63) is 65.5 Å². The van der Waals surface area contributed by atoms with E-state index in [4.69, 9.17) is 4.74 Å². The molecule has 0 spiro atoms. The van der Waals surface area contributed by atoms with Crippen LogP contribution in [0.3, 0.4) is 0 Å². The number of ether oxygens (including phenoxy) is 1. The van der Waals surface area contributed by atoms with Crippen LogP contribution in [0.15, 0.2) is 48.5 Å². The van der Waals surface area contributed by atoms with Crippen LogP contribution in [0.1, 0.15) is 45.7 Å². The average molecular weight is 415 g/mol. The molecule has 0 unspecified atom stereocenters. The number of aryl methyl sites for hydroxylation is 1. The molecule has 0 radical (unpaired) electrons. The van der Waals surface area contributed by atoms with E-state index in [1.54, 1.807) is 25.1 Å². The number of hydrogen-bond acceptors (Lipinski definition) is 3. The van der Waals surface area contributed by atoms with Gasteiger partial charge in [-0.2, -0.15) is 0 Å². The fraction of sp³-hybridized carbons (Fsp3) is 0.417. The van der Waals surface area contributed by atoms with Crippen LogP contribution in [0.5, 0.6) is 5.75 Å². The smallest absolute Gasteiger partial charge is 0.261 e. The third-order valence-electron chi connectivity index (χ3n) is 4.66. The molecule has 1 atom stereocenters. The molecule has 0 heterocycles. The van der Waals surface area contributed by atoms with Gasteiger partial charge in [-0.15, -0.1) is 0 Å². The van der Waals surface area contributed by atoms with Crippen LogP contribution in [0.2, 0.25) is 0 Å². The fourth-order valence-corrected chi connectivity index (χ4v) is 2.92. The number of nitrogens with zero attached hydrogens (tertiary/aromatic N) is 1. The summed E-state index contributed by atoms with van der Waals surface area (Å²) in [5, 5.41) is 2.87. The molecular weight excluding hydrogens is 383 g/mol. The highest BCUT2D eigenvalue weighted by Crippen LogP contribution is 2.16. The van der Waals surface area contributed by atoms with Crippen molar-refractivity contribution in [2.75, 3.05) is 6.61 Å². The lowest BCUT2D eigenvalue weighted by Crippen LogP contribution is -2.53. The van der Waals surface area contributed by atoms with Gasteiger partial charge < -0.3 is 15.0 Å². The highest BCUT2D eigenvalue weighted by Gasteiger charge is 2.29. The molecule has 162 valence electrons. The zero-order valence-electron chi connectivity index (χ0n) is 18.4. The number of benzene rings is 2. The first-order valence-electron chi connectivity index (χ1n) is 10.2. The van der Waals surface area contributed by atoms with Crippen molar-refractivity contribution in [3.63, 3.8) is 0 Å². The van der Waals surface area contributed by atoms with Gasteiger partial charge in [0.2, 0.25) is 5.91 Å². The number of rotatable bonds is 8. The number of carbonyl (C=O) groups excluding carboxylic acids is 2. The van der Waals surface area contributed by atoms with Crippen LogP contribution >= 0.6 is 0 Å². The molecule has 2 rings (SSSR count). The van der Waals surface area contributed by atoms with Gasteiger partial charge in [-0.1, -0.05) is 37.3 Å². The van der Waals surface area contributed by atoms with Crippen LogP contribution in [-0.2, 0) is 22.6 Å². The average Bonchev–Trinajstić information content (AvgIpc) is 2.70. The van der Waals surface area contributed by atoms with Crippen LogP contribution in [-0.4, -0.2) is 34.9 Å². The Labute approximate surface area is 178 Å². The van der Waals surface area contributed by atoms with Crippen molar-refractivity contribution in [2.24, 2.45) is 0 Å². The van der Waals surface area contributed by atoms with Crippen LogP contribution < -0.4 is 10.1 Å². The predicted molar refractivity (Wildman–Crippen MR) is 116 cm³/mol. The van der Waals surface area contributed by atoms with E-state index in [1.165, 1.54) is 16.5 Å². The molecule has 2 amide bonds. The number of nitrogens with one attached hydrogen (secondary N) is 1. The molecule has 0 fully saturated rings. The summed E-state index contributed by atoms with van der Waals surface area (Å²) in [5.74, 6) is -0.554. The summed E-state index contributed by atoms with van der Waals surface area (Å²) >= 11 is 0. The van der Waals surface area contributed by atoms with E-state index in [9.17, 15) is 14.0 Å². The second-order valence-electron chi connectivity index (χ2n) is 8.31. The van der Waals surface area contributed by atoms with E-state index in [-0.39, 0.29) is 19.1 Å². The lowest BCUT2D eigenvalue weighted by Gasteiger charge is -2.31. The summed E-state index contributed by atoms with van der Waals surface area (Å²) in [6.45, 7) is 9.02. The first kappa shape index (κ1) is 23.4. The largest absolute Gasteiger partial charge is 0.484 e. The first-order chi connectivity index (χ1) is 14.1. The van der Waals surface area contributed by atoms with Gasteiger partial charge in [0, 0.05) is 17.6 Å². The van der Waals surface area contributed by atoms with E-state index < -0.39 is 23.3 Å². The molecule has 6 heteroatoms. The van der Waals surface area contributed by atoms with Gasteiger partial charge in [0.05, 0.1) is 0 Å². The van der Waals surface area contributed by atoms with E-state index in [0.29, 0.717) is 11.3 Å². The fourth-order valence-electron chi connectivity index (χ4n) is 2.92. The maximum atomic E-state index is 14.2. The first-order valence-corrected chi connectivity index (χ1v) is 10.2. The van der Waals surface area contributed by atoms with Crippen molar-refractivity contribution in [1.82, 2.24) is 10.2 Å². The summed E-state index contributed by atoms with van der Waals surface area (Å²) in [6.07, 6.45) is 0.913. The van der Waals surface area contributed by atoms with E-state index in [1.807, 2.05) is 45.0 Å². The van der Waals surface area contributed by atoms with Crippen LogP contribution in [0.25, 0.3) is 0 Å². The highest BCUT2D eigenvalue weighted by atomic mass is 19.1. The Hall–Kier alpha value is -2.89. The zero-order chi connectivity index (χ0) is 22.3. The molecule has 30 heavy (non-hydrogen) atoms. The molecule has 0 aromatic heterocycles. The van der Waals surface area contributed by atoms with Gasteiger partial charge in [0.15, 0.2) is 6.61 Å². The highest BCUT2D eigenvalue weighted by molar-refractivity contribution is 5.88. The Bertz CT molecular complexity index is 859. The molecule has 0 aliphatic carbocycles. The molecule has 0 bridgehead atoms. The molecule has 0 aliphatic heterocycles. The summed E-state index contributed by atoms with van der Waals surface area (Å²) in [6, 6.07) is 12.9. The SMILES string of the molecule is CCc1ccc(OCC(=O)N(Cc2ccccc2F)[C@@H](C)C(=O)NC(C)(C)C)cc1. The molecule has 1 N–H and O–H groups in total. The van der Waals surface area contributed by atoms with Gasteiger partial charge in [-0.25, -0.2) is 4.39 Å². The second-order valence-corrected chi connectivity index (χ2v) is 8.31. The Kier molecular flexibility index (Phi) is 7.98. The van der Waals surface area contributed by atoms with Crippen molar-refractivity contribution in [1.29, 1.82) is 0 Å². The minimum absolute atomic E-state index is 0.0254. The normalized spacial score (nSPS) is 12.2.